The average molecular weight is 413 g/mol. The molecule has 158 valence electrons. The molecule has 0 bridgehead atoms. The number of likely N-dealkylation sites (tertiary alicyclic amines) is 1. The second kappa shape index (κ2) is 7.88. The molecule has 30 heavy (non-hydrogen) atoms. The van der Waals surface area contributed by atoms with E-state index in [1.807, 2.05) is 24.3 Å². The van der Waals surface area contributed by atoms with Gasteiger partial charge in [-0.25, -0.2) is 9.78 Å². The van der Waals surface area contributed by atoms with Crippen LogP contribution in [0.2, 0.25) is 0 Å². The molecule has 3 heterocycles. The summed E-state index contributed by atoms with van der Waals surface area (Å²) in [5, 5.41) is 10.5. The van der Waals surface area contributed by atoms with E-state index in [1.54, 1.807) is 18.6 Å². The molecule has 0 unspecified atom stereocenters. The molecule has 0 saturated carbocycles. The number of nitrogens with zero attached hydrogens (tertiary/aromatic N) is 4. The van der Waals surface area contributed by atoms with Crippen molar-refractivity contribution in [3.63, 3.8) is 0 Å². The first-order valence-corrected chi connectivity index (χ1v) is 9.60. The van der Waals surface area contributed by atoms with Gasteiger partial charge in [-0.3, -0.25) is 19.1 Å². The smallest absolute Gasteiger partial charge is 0.328 e. The quantitative estimate of drug-likeness (QED) is 0.597. The molecule has 1 amide bonds. The number of para-hydroxylation sites is 2. The number of aliphatic hydroxyl groups is 1. The Hall–Kier alpha value is -3.24. The first-order chi connectivity index (χ1) is 14.4. The van der Waals surface area contributed by atoms with E-state index < -0.39 is 23.4 Å². The SMILES string of the molecule is COCc1nc2ccccc2n1CC(=O)N1C[C@@H](O)[C@H](n2cc(C)c(=O)[nH]c2=O)C1. The van der Waals surface area contributed by atoms with E-state index in [-0.39, 0.29) is 32.1 Å². The third-order valence-corrected chi connectivity index (χ3v) is 5.42. The summed E-state index contributed by atoms with van der Waals surface area (Å²) in [5.74, 6) is 0.432. The molecule has 1 aliphatic rings. The first kappa shape index (κ1) is 20.0. The van der Waals surface area contributed by atoms with Gasteiger partial charge in [0.05, 0.1) is 23.2 Å². The molecular weight excluding hydrogens is 390 g/mol. The zero-order valence-electron chi connectivity index (χ0n) is 16.7. The maximum Gasteiger partial charge on any atom is 0.328 e. The van der Waals surface area contributed by atoms with Crippen molar-refractivity contribution in [1.82, 2.24) is 24.0 Å². The molecule has 2 aromatic heterocycles. The number of aryl methyl sites for hydroxylation is 1. The zero-order valence-corrected chi connectivity index (χ0v) is 16.7. The Labute approximate surface area is 171 Å². The highest BCUT2D eigenvalue weighted by atomic mass is 16.5. The number of rotatable bonds is 5. The molecule has 0 aliphatic carbocycles. The number of hydrogen-bond donors (Lipinski definition) is 2. The molecule has 10 nitrogen and oxygen atoms in total. The molecule has 1 aromatic carbocycles. The van der Waals surface area contributed by atoms with Gasteiger partial charge in [0, 0.05) is 32.0 Å². The Morgan fingerprint density at radius 2 is 2.07 bits per heavy atom. The van der Waals surface area contributed by atoms with E-state index in [1.165, 1.54) is 15.7 Å². The fourth-order valence-corrected chi connectivity index (χ4v) is 3.86. The lowest BCUT2D eigenvalue weighted by molar-refractivity contribution is -0.131. The largest absolute Gasteiger partial charge is 0.389 e. The Kier molecular flexibility index (Phi) is 5.27. The lowest BCUT2D eigenvalue weighted by Crippen LogP contribution is -2.37. The third kappa shape index (κ3) is 3.55. The number of benzene rings is 1. The van der Waals surface area contributed by atoms with E-state index >= 15 is 0 Å². The van der Waals surface area contributed by atoms with Crippen LogP contribution in [0.4, 0.5) is 0 Å². The van der Waals surface area contributed by atoms with Crippen molar-refractivity contribution >= 4 is 16.9 Å². The van der Waals surface area contributed by atoms with Crippen LogP contribution in [0.3, 0.4) is 0 Å². The van der Waals surface area contributed by atoms with Gasteiger partial charge >= 0.3 is 5.69 Å². The van der Waals surface area contributed by atoms with Crippen LogP contribution in [0.15, 0.2) is 40.1 Å². The van der Waals surface area contributed by atoms with Crippen molar-refractivity contribution in [3.05, 3.63) is 62.7 Å². The second-order valence-corrected chi connectivity index (χ2v) is 7.45. The van der Waals surface area contributed by atoms with E-state index in [0.29, 0.717) is 11.4 Å². The maximum atomic E-state index is 13.0. The fourth-order valence-electron chi connectivity index (χ4n) is 3.86. The van der Waals surface area contributed by atoms with Crippen molar-refractivity contribution in [2.75, 3.05) is 20.2 Å². The van der Waals surface area contributed by atoms with Crippen LogP contribution in [-0.2, 0) is 22.7 Å². The average Bonchev–Trinajstić information content (AvgIpc) is 3.26. The lowest BCUT2D eigenvalue weighted by Gasteiger charge is -2.18. The molecule has 2 N–H and O–H groups in total. The van der Waals surface area contributed by atoms with Gasteiger partial charge in [-0.15, -0.1) is 0 Å². The molecule has 1 aliphatic heterocycles. The summed E-state index contributed by atoms with van der Waals surface area (Å²) in [6.07, 6.45) is 0.498. The molecule has 1 saturated heterocycles. The minimum absolute atomic E-state index is 0.0399. The summed E-state index contributed by atoms with van der Waals surface area (Å²) in [7, 11) is 1.57. The summed E-state index contributed by atoms with van der Waals surface area (Å²) in [5.41, 5.74) is 0.885. The number of methoxy groups -OCH3 is 1. The highest BCUT2D eigenvalue weighted by Gasteiger charge is 2.36. The molecule has 10 heteroatoms. The number of β-amino-alcohol motifs (C(OH)–C–C–N with tert-alkyl or cyclic N) is 1. The van der Waals surface area contributed by atoms with Gasteiger partial charge in [0.25, 0.3) is 5.56 Å². The molecular formula is C20H23N5O5. The van der Waals surface area contributed by atoms with Gasteiger partial charge in [-0.1, -0.05) is 12.1 Å². The minimum atomic E-state index is -0.921. The Morgan fingerprint density at radius 1 is 1.30 bits per heavy atom. The van der Waals surface area contributed by atoms with Crippen molar-refractivity contribution < 1.29 is 14.6 Å². The normalized spacial score (nSPS) is 19.0. The number of aliphatic hydroxyl groups excluding tert-OH is 1. The molecule has 4 rings (SSSR count). The minimum Gasteiger partial charge on any atom is -0.389 e. The van der Waals surface area contributed by atoms with E-state index in [0.717, 1.165) is 11.0 Å². The van der Waals surface area contributed by atoms with Crippen molar-refractivity contribution in [1.29, 1.82) is 0 Å². The summed E-state index contributed by atoms with van der Waals surface area (Å²) < 4.78 is 8.31. The van der Waals surface area contributed by atoms with Crippen LogP contribution in [-0.4, -0.2) is 61.3 Å². The summed E-state index contributed by atoms with van der Waals surface area (Å²) in [4.78, 5) is 45.1. The van der Waals surface area contributed by atoms with Crippen molar-refractivity contribution in [2.45, 2.75) is 32.2 Å². The van der Waals surface area contributed by atoms with Crippen LogP contribution >= 0.6 is 0 Å². The monoisotopic (exact) mass is 413 g/mol. The van der Waals surface area contributed by atoms with Crippen LogP contribution in [0, 0.1) is 6.92 Å². The van der Waals surface area contributed by atoms with Crippen LogP contribution in [0.5, 0.6) is 0 Å². The number of carbonyl (C=O) groups excluding carboxylic acids is 1. The number of imidazole rings is 1. The molecule has 2 atom stereocenters. The van der Waals surface area contributed by atoms with Crippen LogP contribution in [0.1, 0.15) is 17.4 Å². The Morgan fingerprint density at radius 3 is 2.83 bits per heavy atom. The van der Waals surface area contributed by atoms with Gasteiger partial charge in [-0.2, -0.15) is 0 Å². The number of nitrogens with one attached hydrogen (secondary N) is 1. The number of fused-ring (bicyclic) bond motifs is 1. The summed E-state index contributed by atoms with van der Waals surface area (Å²) in [6, 6.07) is 6.88. The Balaban J connectivity index is 1.58. The zero-order chi connectivity index (χ0) is 21.4. The maximum absolute atomic E-state index is 13.0. The lowest BCUT2D eigenvalue weighted by atomic mass is 10.2. The molecule has 0 radical (unpaired) electrons. The predicted octanol–water partition coefficient (Wildman–Crippen LogP) is -0.214. The molecule has 0 spiro atoms. The van der Waals surface area contributed by atoms with E-state index in [9.17, 15) is 19.5 Å². The highest BCUT2D eigenvalue weighted by molar-refractivity contribution is 5.81. The summed E-state index contributed by atoms with van der Waals surface area (Å²) >= 11 is 0. The number of carbonyl (C=O) groups is 1. The predicted molar refractivity (Wildman–Crippen MR) is 108 cm³/mol. The van der Waals surface area contributed by atoms with Gasteiger partial charge in [0.1, 0.15) is 19.0 Å². The molecule has 1 fully saturated rings. The third-order valence-electron chi connectivity index (χ3n) is 5.42. The number of ether oxygens (including phenoxy) is 1. The van der Waals surface area contributed by atoms with Gasteiger partial charge < -0.3 is 19.3 Å². The fraction of sp³-hybridized carbons (Fsp3) is 0.400. The Bertz CT molecular complexity index is 1210. The highest BCUT2D eigenvalue weighted by Crippen LogP contribution is 2.23. The van der Waals surface area contributed by atoms with Crippen molar-refractivity contribution in [2.24, 2.45) is 0 Å². The van der Waals surface area contributed by atoms with Gasteiger partial charge in [0.15, 0.2) is 0 Å². The van der Waals surface area contributed by atoms with Crippen LogP contribution < -0.4 is 11.2 Å². The topological polar surface area (TPSA) is 122 Å². The van der Waals surface area contributed by atoms with Crippen LogP contribution in [0.25, 0.3) is 11.0 Å². The number of aromatic nitrogens is 4. The number of H-pyrrole nitrogens is 1. The van der Waals surface area contributed by atoms with Crippen molar-refractivity contribution in [3.8, 4) is 0 Å². The van der Waals surface area contributed by atoms with E-state index in [4.69, 9.17) is 4.74 Å². The molecule has 3 aromatic rings. The number of aromatic amines is 1. The second-order valence-electron chi connectivity index (χ2n) is 7.45. The van der Waals surface area contributed by atoms with Gasteiger partial charge in [-0.05, 0) is 19.1 Å². The standard InChI is InChI=1S/C20H23N5O5/c1-12-7-25(20(29)22-19(12)28)15-8-23(9-16(15)26)18(27)10-24-14-6-4-3-5-13(14)21-17(24)11-30-2/h3-7,15-16,26H,8-11H2,1-2H3,(H,22,28,29)/t15-,16-/m1/s1. The van der Waals surface area contributed by atoms with E-state index in [2.05, 4.69) is 9.97 Å². The first-order valence-electron chi connectivity index (χ1n) is 9.60. The number of amides is 1. The van der Waals surface area contributed by atoms with Gasteiger partial charge in [0.2, 0.25) is 5.91 Å². The summed E-state index contributed by atoms with van der Waals surface area (Å²) in [6.45, 7) is 2.15. The number of hydrogen-bond acceptors (Lipinski definition) is 6.